The molecule has 5 heteroatoms. The Labute approximate surface area is 142 Å². The number of hydrogen-bond acceptors (Lipinski definition) is 3. The summed E-state index contributed by atoms with van der Waals surface area (Å²) in [6, 6.07) is 6.87. The molecule has 0 bridgehead atoms. The number of nitrogens with zero attached hydrogens (tertiary/aromatic N) is 2. The van der Waals surface area contributed by atoms with Crippen LogP contribution in [0.5, 0.6) is 0 Å². The highest BCUT2D eigenvalue weighted by molar-refractivity contribution is 5.79. The van der Waals surface area contributed by atoms with Gasteiger partial charge in [0.25, 0.3) is 0 Å². The quantitative estimate of drug-likeness (QED) is 0.850. The lowest BCUT2D eigenvalue weighted by atomic mass is 9.99. The van der Waals surface area contributed by atoms with Gasteiger partial charge in [0.15, 0.2) is 0 Å². The molecule has 3 aliphatic rings. The van der Waals surface area contributed by atoms with Crippen LogP contribution < -0.4 is 0 Å². The molecule has 4 nitrogen and oxygen atoms in total. The van der Waals surface area contributed by atoms with Crippen molar-refractivity contribution in [3.8, 4) is 0 Å². The summed E-state index contributed by atoms with van der Waals surface area (Å²) in [4.78, 5) is 17.1. The molecule has 0 spiro atoms. The molecule has 0 radical (unpaired) electrons. The van der Waals surface area contributed by atoms with Crippen molar-refractivity contribution in [2.24, 2.45) is 17.8 Å². The van der Waals surface area contributed by atoms with Crippen molar-refractivity contribution in [2.75, 3.05) is 39.4 Å². The first-order valence-electron chi connectivity index (χ1n) is 9.02. The molecule has 1 aromatic carbocycles. The number of benzene rings is 1. The maximum Gasteiger partial charge on any atom is 0.225 e. The average Bonchev–Trinajstić information content (AvgIpc) is 3.13. The molecule has 24 heavy (non-hydrogen) atoms. The van der Waals surface area contributed by atoms with Gasteiger partial charge in [0.05, 0.1) is 0 Å². The number of likely N-dealkylation sites (tertiary alicyclic amines) is 2. The Bertz CT molecular complexity index is 589. The van der Waals surface area contributed by atoms with Crippen LogP contribution in [0, 0.1) is 23.6 Å². The molecule has 3 saturated heterocycles. The Balaban J connectivity index is 1.31. The molecule has 3 heterocycles. The van der Waals surface area contributed by atoms with Gasteiger partial charge >= 0.3 is 0 Å². The molecular weight excluding hydrogens is 307 g/mol. The first-order valence-corrected chi connectivity index (χ1v) is 9.02. The van der Waals surface area contributed by atoms with Crippen LogP contribution in [0.2, 0.25) is 0 Å². The van der Waals surface area contributed by atoms with E-state index in [-0.39, 0.29) is 11.7 Å². The number of carbonyl (C=O) groups excluding carboxylic acids is 1. The minimum absolute atomic E-state index is 0.167. The molecule has 0 N–H and O–H groups in total. The van der Waals surface area contributed by atoms with Crippen molar-refractivity contribution in [1.82, 2.24) is 9.80 Å². The highest BCUT2D eigenvalue weighted by atomic mass is 19.1. The van der Waals surface area contributed by atoms with Crippen molar-refractivity contribution in [3.63, 3.8) is 0 Å². The molecule has 4 rings (SSSR count). The van der Waals surface area contributed by atoms with E-state index in [1.165, 1.54) is 6.07 Å². The van der Waals surface area contributed by atoms with E-state index in [9.17, 15) is 9.18 Å². The van der Waals surface area contributed by atoms with Gasteiger partial charge in [-0.1, -0.05) is 12.1 Å². The summed E-state index contributed by atoms with van der Waals surface area (Å²) in [6.45, 7) is 6.05. The van der Waals surface area contributed by atoms with Gasteiger partial charge in [-0.05, 0) is 42.4 Å². The second kappa shape index (κ2) is 6.81. The number of halogens is 1. The number of hydrogen-bond donors (Lipinski definition) is 0. The lowest BCUT2D eigenvalue weighted by Gasteiger charge is -2.27. The summed E-state index contributed by atoms with van der Waals surface area (Å²) >= 11 is 0. The maximum atomic E-state index is 13.3. The molecule has 0 aliphatic carbocycles. The molecule has 0 saturated carbocycles. The van der Waals surface area contributed by atoms with E-state index >= 15 is 0 Å². The Kier molecular flexibility index (Phi) is 4.55. The molecule has 3 aliphatic heterocycles. The van der Waals surface area contributed by atoms with Crippen LogP contribution in [0.25, 0.3) is 0 Å². The average molecular weight is 332 g/mol. The fourth-order valence-corrected chi connectivity index (χ4v) is 4.50. The zero-order chi connectivity index (χ0) is 16.5. The van der Waals surface area contributed by atoms with E-state index in [1.54, 1.807) is 12.1 Å². The van der Waals surface area contributed by atoms with Crippen molar-refractivity contribution >= 4 is 5.91 Å². The lowest BCUT2D eigenvalue weighted by Crippen LogP contribution is -2.39. The molecule has 2 unspecified atom stereocenters. The van der Waals surface area contributed by atoms with Gasteiger partial charge in [0, 0.05) is 51.9 Å². The fraction of sp³-hybridized carbons (Fsp3) is 0.632. The Morgan fingerprint density at radius 3 is 2.50 bits per heavy atom. The summed E-state index contributed by atoms with van der Waals surface area (Å²) in [6.07, 6.45) is 1.74. The van der Waals surface area contributed by atoms with E-state index in [2.05, 4.69) is 9.80 Å². The van der Waals surface area contributed by atoms with Crippen LogP contribution in [-0.2, 0) is 16.1 Å². The van der Waals surface area contributed by atoms with Crippen LogP contribution in [0.1, 0.15) is 18.4 Å². The van der Waals surface area contributed by atoms with Crippen molar-refractivity contribution in [1.29, 1.82) is 0 Å². The Morgan fingerprint density at radius 2 is 1.83 bits per heavy atom. The zero-order valence-electron chi connectivity index (χ0n) is 14.0. The van der Waals surface area contributed by atoms with Gasteiger partial charge in [-0.25, -0.2) is 4.39 Å². The van der Waals surface area contributed by atoms with Crippen LogP contribution in [0.3, 0.4) is 0 Å². The van der Waals surface area contributed by atoms with E-state index in [0.717, 1.165) is 64.3 Å². The highest BCUT2D eigenvalue weighted by Crippen LogP contribution is 2.33. The summed E-state index contributed by atoms with van der Waals surface area (Å²) < 4.78 is 18.7. The van der Waals surface area contributed by atoms with Crippen LogP contribution in [0.15, 0.2) is 24.3 Å². The van der Waals surface area contributed by atoms with Gasteiger partial charge in [-0.2, -0.15) is 0 Å². The highest BCUT2D eigenvalue weighted by Gasteiger charge is 2.42. The van der Waals surface area contributed by atoms with Gasteiger partial charge in [0.2, 0.25) is 5.91 Å². The third kappa shape index (κ3) is 3.33. The predicted octanol–water partition coefficient (Wildman–Crippen LogP) is 2.14. The summed E-state index contributed by atoms with van der Waals surface area (Å²) in [5, 5.41) is 0. The standard InChI is InChI=1S/C19H25FN2O2/c20-18-3-1-2-14(8-18)9-21-10-16-12-22(13-17(16)11-21)19(23)15-4-6-24-7-5-15/h1-3,8,15-17H,4-7,9-13H2. The summed E-state index contributed by atoms with van der Waals surface area (Å²) in [5.74, 6) is 1.48. The van der Waals surface area contributed by atoms with Gasteiger partial charge in [-0.15, -0.1) is 0 Å². The van der Waals surface area contributed by atoms with Crippen LogP contribution >= 0.6 is 0 Å². The fourth-order valence-electron chi connectivity index (χ4n) is 4.50. The normalized spacial score (nSPS) is 28.3. The molecule has 2 atom stereocenters. The SMILES string of the molecule is O=C(C1CCOCC1)N1CC2CN(Cc3cccc(F)c3)CC2C1. The van der Waals surface area contributed by atoms with Crippen LogP contribution in [0.4, 0.5) is 4.39 Å². The Morgan fingerprint density at radius 1 is 1.12 bits per heavy atom. The predicted molar refractivity (Wildman–Crippen MR) is 88.8 cm³/mol. The topological polar surface area (TPSA) is 32.8 Å². The van der Waals surface area contributed by atoms with E-state index in [1.807, 2.05) is 6.07 Å². The van der Waals surface area contributed by atoms with E-state index in [0.29, 0.717) is 17.7 Å². The second-order valence-electron chi connectivity index (χ2n) is 7.47. The van der Waals surface area contributed by atoms with E-state index in [4.69, 9.17) is 4.74 Å². The monoisotopic (exact) mass is 332 g/mol. The molecule has 130 valence electrons. The maximum absolute atomic E-state index is 13.3. The van der Waals surface area contributed by atoms with Crippen molar-refractivity contribution < 1.29 is 13.9 Å². The summed E-state index contributed by atoms with van der Waals surface area (Å²) in [5.41, 5.74) is 1.03. The minimum Gasteiger partial charge on any atom is -0.381 e. The first kappa shape index (κ1) is 16.0. The lowest BCUT2D eigenvalue weighted by molar-refractivity contribution is -0.137. The zero-order valence-corrected chi connectivity index (χ0v) is 14.0. The van der Waals surface area contributed by atoms with E-state index < -0.39 is 0 Å². The molecular formula is C19H25FN2O2. The molecule has 1 amide bonds. The largest absolute Gasteiger partial charge is 0.381 e. The van der Waals surface area contributed by atoms with Gasteiger partial charge < -0.3 is 9.64 Å². The number of carbonyl (C=O) groups is 1. The molecule has 1 aromatic rings. The first-order chi connectivity index (χ1) is 11.7. The summed E-state index contributed by atoms with van der Waals surface area (Å²) in [7, 11) is 0. The number of fused-ring (bicyclic) bond motifs is 1. The third-order valence-corrected chi connectivity index (χ3v) is 5.74. The van der Waals surface area contributed by atoms with Crippen molar-refractivity contribution in [3.05, 3.63) is 35.6 Å². The van der Waals surface area contributed by atoms with Crippen LogP contribution in [-0.4, -0.2) is 55.1 Å². The third-order valence-electron chi connectivity index (χ3n) is 5.74. The number of amides is 1. The van der Waals surface area contributed by atoms with Gasteiger partial charge in [-0.3, -0.25) is 9.69 Å². The Hall–Kier alpha value is -1.46. The molecule has 0 aromatic heterocycles. The minimum atomic E-state index is -0.167. The van der Waals surface area contributed by atoms with Gasteiger partial charge in [0.1, 0.15) is 5.82 Å². The number of rotatable bonds is 3. The van der Waals surface area contributed by atoms with Crippen molar-refractivity contribution in [2.45, 2.75) is 19.4 Å². The smallest absolute Gasteiger partial charge is 0.225 e. The number of ether oxygens (including phenoxy) is 1. The second-order valence-corrected chi connectivity index (χ2v) is 7.47. The molecule has 3 fully saturated rings.